The van der Waals surface area contributed by atoms with E-state index in [1.54, 1.807) is 24.1 Å². The van der Waals surface area contributed by atoms with Gasteiger partial charge in [-0.1, -0.05) is 11.2 Å². The lowest BCUT2D eigenvalue weighted by atomic mass is 9.74. The third kappa shape index (κ3) is 2.79. The van der Waals surface area contributed by atoms with Crippen LogP contribution in [0.2, 0.25) is 0 Å². The van der Waals surface area contributed by atoms with E-state index in [9.17, 15) is 9.59 Å². The van der Waals surface area contributed by atoms with Crippen LogP contribution in [0.25, 0.3) is 0 Å². The molecule has 0 aliphatic carbocycles. The van der Waals surface area contributed by atoms with Crippen molar-refractivity contribution in [1.29, 1.82) is 0 Å². The van der Waals surface area contributed by atoms with E-state index >= 15 is 0 Å². The molecule has 1 spiro atoms. The van der Waals surface area contributed by atoms with E-state index in [4.69, 9.17) is 4.52 Å². The molecule has 0 bridgehead atoms. The Hall–Kier alpha value is -2.70. The number of rotatable bonds is 2. The Labute approximate surface area is 145 Å². The molecular formula is C18H20N4O3. The lowest BCUT2D eigenvalue weighted by molar-refractivity contribution is -0.120. The van der Waals surface area contributed by atoms with Gasteiger partial charge in [0, 0.05) is 43.9 Å². The first-order valence-corrected chi connectivity index (χ1v) is 8.51. The van der Waals surface area contributed by atoms with Crippen LogP contribution in [-0.2, 0) is 4.79 Å². The molecule has 1 atom stereocenters. The predicted molar refractivity (Wildman–Crippen MR) is 88.8 cm³/mol. The van der Waals surface area contributed by atoms with Crippen molar-refractivity contribution in [3.63, 3.8) is 0 Å². The van der Waals surface area contributed by atoms with Crippen molar-refractivity contribution in [2.45, 2.75) is 37.6 Å². The Kier molecular flexibility index (Phi) is 3.78. The Morgan fingerprint density at radius 1 is 1.40 bits per heavy atom. The number of likely N-dealkylation sites (tertiary alicyclic amines) is 1. The minimum absolute atomic E-state index is 0.0701. The number of hydrogen-bond acceptors (Lipinski definition) is 5. The molecule has 7 heteroatoms. The smallest absolute Gasteiger partial charge is 0.276 e. The van der Waals surface area contributed by atoms with E-state index < -0.39 is 0 Å². The zero-order valence-electron chi connectivity index (χ0n) is 14.1. The standard InChI is InChI=1S/C18H20N4O3/c1-12-9-15(21-25-12)17(24)22-7-4-18(5-8-22)14(10-16(23)20-18)13-3-2-6-19-11-13/h2-3,6,9,11,14H,4-5,7-8,10H2,1H3,(H,20,23). The molecule has 2 aliphatic rings. The van der Waals surface area contributed by atoms with Gasteiger partial charge >= 0.3 is 0 Å². The van der Waals surface area contributed by atoms with Gasteiger partial charge < -0.3 is 14.7 Å². The molecule has 0 saturated carbocycles. The van der Waals surface area contributed by atoms with Gasteiger partial charge in [-0.05, 0) is 31.4 Å². The fraction of sp³-hybridized carbons (Fsp3) is 0.444. The topological polar surface area (TPSA) is 88.3 Å². The first-order chi connectivity index (χ1) is 12.1. The molecule has 2 aromatic heterocycles. The molecule has 2 aliphatic heterocycles. The summed E-state index contributed by atoms with van der Waals surface area (Å²) in [6, 6.07) is 5.58. The molecule has 2 amide bonds. The molecule has 2 aromatic rings. The molecule has 2 saturated heterocycles. The van der Waals surface area contributed by atoms with Crippen LogP contribution >= 0.6 is 0 Å². The van der Waals surface area contributed by atoms with Crippen molar-refractivity contribution in [1.82, 2.24) is 20.4 Å². The molecule has 1 N–H and O–H groups in total. The lowest BCUT2D eigenvalue weighted by Crippen LogP contribution is -2.54. The number of nitrogens with one attached hydrogen (secondary N) is 1. The van der Waals surface area contributed by atoms with Crippen LogP contribution in [0.3, 0.4) is 0 Å². The highest BCUT2D eigenvalue weighted by atomic mass is 16.5. The van der Waals surface area contributed by atoms with Crippen LogP contribution in [0, 0.1) is 6.92 Å². The zero-order chi connectivity index (χ0) is 17.4. The Morgan fingerprint density at radius 2 is 2.20 bits per heavy atom. The number of pyridine rings is 1. The summed E-state index contributed by atoms with van der Waals surface area (Å²) in [6.45, 7) is 2.94. The third-order valence-electron chi connectivity index (χ3n) is 5.32. The summed E-state index contributed by atoms with van der Waals surface area (Å²) in [5.41, 5.74) is 1.12. The SMILES string of the molecule is Cc1cc(C(=O)N2CCC3(CC2)NC(=O)CC3c2cccnc2)no1. The van der Waals surface area contributed by atoms with E-state index in [2.05, 4.69) is 15.5 Å². The molecule has 0 aromatic carbocycles. The summed E-state index contributed by atoms with van der Waals surface area (Å²) in [5.74, 6) is 0.673. The maximum atomic E-state index is 12.5. The summed E-state index contributed by atoms with van der Waals surface area (Å²) >= 11 is 0. The number of carbonyl (C=O) groups excluding carboxylic acids is 2. The second kappa shape index (κ2) is 5.98. The van der Waals surface area contributed by atoms with Crippen LogP contribution in [0.5, 0.6) is 0 Å². The van der Waals surface area contributed by atoms with Crippen LogP contribution < -0.4 is 5.32 Å². The second-order valence-electron chi connectivity index (χ2n) is 6.86. The van der Waals surface area contributed by atoms with Gasteiger partial charge in [-0.15, -0.1) is 0 Å². The molecule has 25 heavy (non-hydrogen) atoms. The maximum Gasteiger partial charge on any atom is 0.276 e. The average molecular weight is 340 g/mol. The lowest BCUT2D eigenvalue weighted by Gasteiger charge is -2.42. The van der Waals surface area contributed by atoms with E-state index in [0.29, 0.717) is 31.0 Å². The van der Waals surface area contributed by atoms with E-state index in [-0.39, 0.29) is 23.3 Å². The molecular weight excluding hydrogens is 320 g/mol. The fourth-order valence-electron chi connectivity index (χ4n) is 4.03. The van der Waals surface area contributed by atoms with Crippen LogP contribution in [0.1, 0.15) is 47.0 Å². The second-order valence-corrected chi connectivity index (χ2v) is 6.86. The normalized spacial score (nSPS) is 22.2. The minimum atomic E-state index is -0.295. The minimum Gasteiger partial charge on any atom is -0.361 e. The van der Waals surface area contributed by atoms with Gasteiger partial charge in [0.15, 0.2) is 5.69 Å². The van der Waals surface area contributed by atoms with Crippen molar-refractivity contribution in [3.8, 4) is 0 Å². The van der Waals surface area contributed by atoms with Gasteiger partial charge in [0.25, 0.3) is 5.91 Å². The highest BCUT2D eigenvalue weighted by Crippen LogP contribution is 2.43. The number of piperidine rings is 1. The van der Waals surface area contributed by atoms with Gasteiger partial charge in [-0.2, -0.15) is 0 Å². The number of nitrogens with zero attached hydrogens (tertiary/aromatic N) is 3. The predicted octanol–water partition coefficient (Wildman–Crippen LogP) is 1.66. The van der Waals surface area contributed by atoms with Crippen molar-refractivity contribution < 1.29 is 14.1 Å². The molecule has 4 rings (SSSR count). The van der Waals surface area contributed by atoms with Gasteiger partial charge in [-0.3, -0.25) is 14.6 Å². The maximum absolute atomic E-state index is 12.5. The van der Waals surface area contributed by atoms with Crippen molar-refractivity contribution in [3.05, 3.63) is 47.6 Å². The van der Waals surface area contributed by atoms with Gasteiger partial charge in [0.05, 0.1) is 5.54 Å². The Bertz CT molecular complexity index is 794. The van der Waals surface area contributed by atoms with Gasteiger partial charge in [0.1, 0.15) is 5.76 Å². The number of aromatic nitrogens is 2. The van der Waals surface area contributed by atoms with Crippen LogP contribution in [-0.4, -0.2) is 45.5 Å². The summed E-state index contributed by atoms with van der Waals surface area (Å²) < 4.78 is 5.00. The molecule has 2 fully saturated rings. The number of hydrogen-bond donors (Lipinski definition) is 1. The number of aryl methyl sites for hydroxylation is 1. The molecule has 0 radical (unpaired) electrons. The largest absolute Gasteiger partial charge is 0.361 e. The molecule has 7 nitrogen and oxygen atoms in total. The molecule has 1 unspecified atom stereocenters. The number of amides is 2. The number of carbonyl (C=O) groups is 2. The first kappa shape index (κ1) is 15.8. The van der Waals surface area contributed by atoms with Crippen molar-refractivity contribution in [2.75, 3.05) is 13.1 Å². The summed E-state index contributed by atoms with van der Waals surface area (Å²) in [5, 5.41) is 6.99. The quantitative estimate of drug-likeness (QED) is 0.898. The van der Waals surface area contributed by atoms with E-state index in [1.807, 2.05) is 18.3 Å². The summed E-state index contributed by atoms with van der Waals surface area (Å²) in [4.78, 5) is 30.6. The van der Waals surface area contributed by atoms with Gasteiger partial charge in [-0.25, -0.2) is 0 Å². The Balaban J connectivity index is 1.51. The van der Waals surface area contributed by atoms with E-state index in [0.717, 1.165) is 18.4 Å². The van der Waals surface area contributed by atoms with Crippen molar-refractivity contribution in [2.24, 2.45) is 0 Å². The highest BCUT2D eigenvalue weighted by Gasteiger charge is 2.49. The average Bonchev–Trinajstić information content (AvgIpc) is 3.19. The summed E-state index contributed by atoms with van der Waals surface area (Å²) in [6.07, 6.45) is 5.49. The molecule has 4 heterocycles. The fourth-order valence-corrected chi connectivity index (χ4v) is 4.03. The molecule has 130 valence electrons. The highest BCUT2D eigenvalue weighted by molar-refractivity contribution is 5.92. The zero-order valence-corrected chi connectivity index (χ0v) is 14.1. The van der Waals surface area contributed by atoms with Crippen LogP contribution in [0.15, 0.2) is 35.1 Å². The first-order valence-electron chi connectivity index (χ1n) is 8.51. The summed E-state index contributed by atoms with van der Waals surface area (Å²) in [7, 11) is 0. The van der Waals surface area contributed by atoms with Crippen molar-refractivity contribution >= 4 is 11.8 Å². The monoisotopic (exact) mass is 340 g/mol. The van der Waals surface area contributed by atoms with E-state index in [1.165, 1.54) is 0 Å². The third-order valence-corrected chi connectivity index (χ3v) is 5.32. The Morgan fingerprint density at radius 3 is 2.84 bits per heavy atom. The van der Waals surface area contributed by atoms with Gasteiger partial charge in [0.2, 0.25) is 5.91 Å². The van der Waals surface area contributed by atoms with Crippen LogP contribution in [0.4, 0.5) is 0 Å².